The highest BCUT2D eigenvalue weighted by Crippen LogP contribution is 2.13. The van der Waals surface area contributed by atoms with E-state index in [4.69, 9.17) is 9.47 Å². The molecule has 268 valence electrons. The van der Waals surface area contributed by atoms with Crippen LogP contribution in [0, 0.1) is 0 Å². The van der Waals surface area contributed by atoms with Gasteiger partial charge < -0.3 is 24.8 Å². The van der Waals surface area contributed by atoms with Gasteiger partial charge in [-0.15, -0.1) is 0 Å². The molecule has 0 heterocycles. The quantitative estimate of drug-likeness (QED) is 0.0295. The van der Waals surface area contributed by atoms with Gasteiger partial charge in [0.15, 0.2) is 0 Å². The summed E-state index contributed by atoms with van der Waals surface area (Å²) < 4.78 is 10.2. The van der Waals surface area contributed by atoms with Crippen LogP contribution in [-0.2, 0) is 19.1 Å². The summed E-state index contributed by atoms with van der Waals surface area (Å²) in [5.41, 5.74) is 0. The Kier molecular flexibility index (Phi) is 32.6. The van der Waals surface area contributed by atoms with Crippen molar-refractivity contribution in [1.29, 1.82) is 0 Å². The van der Waals surface area contributed by atoms with Crippen molar-refractivity contribution in [1.82, 2.24) is 0 Å². The molecular formula is C40H66O7. The molecule has 3 N–H and O–H groups in total. The third kappa shape index (κ3) is 34.4. The Morgan fingerprint density at radius 1 is 0.574 bits per heavy atom. The first-order chi connectivity index (χ1) is 22.9. The van der Waals surface area contributed by atoms with E-state index in [1.54, 1.807) is 24.3 Å². The summed E-state index contributed by atoms with van der Waals surface area (Å²) in [5.74, 6) is -0.748. The molecule has 0 aromatic heterocycles. The lowest BCUT2D eigenvalue weighted by Gasteiger charge is -2.12. The number of carbonyl (C=O) groups is 2. The van der Waals surface area contributed by atoms with Crippen molar-refractivity contribution in [3.63, 3.8) is 0 Å². The van der Waals surface area contributed by atoms with Gasteiger partial charge in [0.1, 0.15) is 19.3 Å². The minimum absolute atomic E-state index is 0.176. The molecule has 0 fully saturated rings. The second-order valence-electron chi connectivity index (χ2n) is 12.0. The van der Waals surface area contributed by atoms with Crippen LogP contribution in [-0.4, -0.2) is 58.8 Å². The van der Waals surface area contributed by atoms with Crippen LogP contribution in [0.4, 0.5) is 0 Å². The van der Waals surface area contributed by atoms with Crippen molar-refractivity contribution >= 4 is 11.9 Å². The Bertz CT molecular complexity index is 916. The minimum Gasteiger partial charge on any atom is -0.463 e. The molecule has 0 amide bonds. The van der Waals surface area contributed by atoms with E-state index >= 15 is 0 Å². The number of hydrogen-bond acceptors (Lipinski definition) is 7. The molecule has 0 aromatic carbocycles. The highest BCUT2D eigenvalue weighted by Gasteiger charge is 2.12. The summed E-state index contributed by atoms with van der Waals surface area (Å²) in [7, 11) is 0. The predicted molar refractivity (Wildman–Crippen MR) is 194 cm³/mol. The van der Waals surface area contributed by atoms with Gasteiger partial charge in [0.2, 0.25) is 0 Å². The van der Waals surface area contributed by atoms with Crippen LogP contribution < -0.4 is 0 Å². The predicted octanol–water partition coefficient (Wildman–Crippen LogP) is 8.94. The molecule has 7 nitrogen and oxygen atoms in total. The Hall–Kier alpha value is -2.74. The molecule has 0 spiro atoms. The molecule has 0 aliphatic carbocycles. The second kappa shape index (κ2) is 34.6. The van der Waals surface area contributed by atoms with Gasteiger partial charge in [-0.3, -0.25) is 9.59 Å². The number of hydrogen-bond donors (Lipinski definition) is 3. The molecule has 0 aliphatic rings. The van der Waals surface area contributed by atoms with Crippen molar-refractivity contribution in [2.75, 3.05) is 13.2 Å². The Morgan fingerprint density at radius 3 is 1.68 bits per heavy atom. The molecule has 0 aromatic rings. The Balaban J connectivity index is 3.77. The van der Waals surface area contributed by atoms with Gasteiger partial charge in [0.05, 0.1) is 12.2 Å². The maximum atomic E-state index is 11.9. The zero-order valence-corrected chi connectivity index (χ0v) is 29.5. The number of carbonyl (C=O) groups excluding carboxylic acids is 2. The highest BCUT2D eigenvalue weighted by atomic mass is 16.6. The van der Waals surface area contributed by atoms with Crippen LogP contribution in [0.15, 0.2) is 72.9 Å². The van der Waals surface area contributed by atoms with Crippen molar-refractivity contribution in [2.45, 2.75) is 154 Å². The number of esters is 2. The number of aliphatic hydroxyl groups excluding tert-OH is 3. The summed E-state index contributed by atoms with van der Waals surface area (Å²) in [5, 5.41) is 29.8. The molecular weight excluding hydrogens is 592 g/mol. The Labute approximate surface area is 286 Å². The van der Waals surface area contributed by atoms with Gasteiger partial charge >= 0.3 is 11.9 Å². The molecule has 0 bridgehead atoms. The van der Waals surface area contributed by atoms with E-state index in [1.807, 2.05) is 48.6 Å². The molecule has 47 heavy (non-hydrogen) atoms. The molecule has 0 rings (SSSR count). The standard InChI is InChI=1S/C40H66O7/c1-3-5-7-8-9-10-11-12-13-17-20-26-32-39(44)46-34-38(43)35-47-40(45)33-27-21-25-31-37(42)30-24-19-16-14-15-18-23-29-36(41)28-22-6-4-2/h6,15-16,18-19,22-25,29-31,36-38,41-43H,3-5,7-14,17,20-21,26-28,32-35H2,1-2H3/b18-15-,19-16-,22-6-,29-23+,30-24+,31-25-/t36-,37-,38+/m1/s1. The maximum absolute atomic E-state index is 11.9. The average Bonchev–Trinajstić information content (AvgIpc) is 3.06. The molecule has 7 heteroatoms. The summed E-state index contributed by atoms with van der Waals surface area (Å²) in [6.07, 6.45) is 38.9. The normalized spacial score (nSPS) is 14.4. The smallest absolute Gasteiger partial charge is 0.305 e. The maximum Gasteiger partial charge on any atom is 0.305 e. The van der Waals surface area contributed by atoms with Crippen LogP contribution in [0.5, 0.6) is 0 Å². The van der Waals surface area contributed by atoms with Gasteiger partial charge in [-0.1, -0.05) is 157 Å². The lowest BCUT2D eigenvalue weighted by Crippen LogP contribution is -2.25. The molecule has 0 radical (unpaired) electrons. The molecule has 0 unspecified atom stereocenters. The highest BCUT2D eigenvalue weighted by molar-refractivity contribution is 5.69. The molecule has 0 saturated heterocycles. The third-order valence-electron chi connectivity index (χ3n) is 7.38. The number of allylic oxidation sites excluding steroid dienone is 8. The SMILES string of the molecule is CC/C=C\C[C@@H](O)/C=C/C=C\C/C=C\C=C\[C@@H](O)/C=C\CCCC(=O)OC[C@@H](O)COC(=O)CCCCCCCCCCCCCC. The van der Waals surface area contributed by atoms with Crippen molar-refractivity contribution in [2.24, 2.45) is 0 Å². The number of rotatable bonds is 31. The summed E-state index contributed by atoms with van der Waals surface area (Å²) in [4.78, 5) is 23.8. The monoisotopic (exact) mass is 658 g/mol. The van der Waals surface area contributed by atoms with Crippen LogP contribution in [0.3, 0.4) is 0 Å². The summed E-state index contributed by atoms with van der Waals surface area (Å²) in [6, 6.07) is 0. The van der Waals surface area contributed by atoms with Gasteiger partial charge in [-0.2, -0.15) is 0 Å². The van der Waals surface area contributed by atoms with Crippen molar-refractivity contribution in [3.05, 3.63) is 72.9 Å². The molecule has 0 aliphatic heterocycles. The van der Waals surface area contributed by atoms with Gasteiger partial charge in [0.25, 0.3) is 0 Å². The minimum atomic E-state index is -1.04. The van der Waals surface area contributed by atoms with E-state index in [0.29, 0.717) is 25.7 Å². The van der Waals surface area contributed by atoms with E-state index in [9.17, 15) is 24.9 Å². The first-order valence-corrected chi connectivity index (χ1v) is 18.2. The van der Waals surface area contributed by atoms with Crippen molar-refractivity contribution < 1.29 is 34.4 Å². The van der Waals surface area contributed by atoms with Crippen LogP contribution in [0.1, 0.15) is 136 Å². The fourth-order valence-electron chi connectivity index (χ4n) is 4.59. The van der Waals surface area contributed by atoms with E-state index in [1.165, 1.54) is 57.8 Å². The van der Waals surface area contributed by atoms with E-state index in [-0.39, 0.29) is 25.6 Å². The van der Waals surface area contributed by atoms with E-state index in [2.05, 4.69) is 13.8 Å². The fourth-order valence-corrected chi connectivity index (χ4v) is 4.59. The lowest BCUT2D eigenvalue weighted by atomic mass is 10.0. The third-order valence-corrected chi connectivity index (χ3v) is 7.38. The van der Waals surface area contributed by atoms with E-state index < -0.39 is 24.3 Å². The zero-order valence-electron chi connectivity index (χ0n) is 29.5. The summed E-state index contributed by atoms with van der Waals surface area (Å²) >= 11 is 0. The Morgan fingerprint density at radius 2 is 1.11 bits per heavy atom. The van der Waals surface area contributed by atoms with Gasteiger partial charge in [0, 0.05) is 12.8 Å². The second-order valence-corrected chi connectivity index (χ2v) is 12.0. The van der Waals surface area contributed by atoms with Crippen LogP contribution in [0.2, 0.25) is 0 Å². The van der Waals surface area contributed by atoms with Gasteiger partial charge in [-0.05, 0) is 38.5 Å². The molecule has 0 saturated carbocycles. The van der Waals surface area contributed by atoms with Gasteiger partial charge in [-0.25, -0.2) is 0 Å². The zero-order chi connectivity index (χ0) is 34.6. The average molecular weight is 659 g/mol. The number of unbranched alkanes of at least 4 members (excludes halogenated alkanes) is 12. The lowest BCUT2D eigenvalue weighted by molar-refractivity contribution is -0.152. The topological polar surface area (TPSA) is 113 Å². The number of aliphatic hydroxyl groups is 3. The first kappa shape index (κ1) is 44.3. The molecule has 3 atom stereocenters. The number of ether oxygens (including phenoxy) is 2. The summed E-state index contributed by atoms with van der Waals surface area (Å²) in [6.45, 7) is 3.92. The fraction of sp³-hybridized carbons (Fsp3) is 0.650. The van der Waals surface area contributed by atoms with Crippen LogP contribution >= 0.6 is 0 Å². The largest absolute Gasteiger partial charge is 0.463 e. The first-order valence-electron chi connectivity index (χ1n) is 18.2. The van der Waals surface area contributed by atoms with E-state index in [0.717, 1.165) is 32.1 Å². The van der Waals surface area contributed by atoms with Crippen molar-refractivity contribution in [3.8, 4) is 0 Å². The van der Waals surface area contributed by atoms with Crippen LogP contribution in [0.25, 0.3) is 0 Å².